The van der Waals surface area contributed by atoms with Crippen LogP contribution in [0.5, 0.6) is 5.75 Å². The first-order chi connectivity index (χ1) is 16.5. The molecular formula is C27H22BrN3O3. The van der Waals surface area contributed by atoms with Gasteiger partial charge < -0.3 is 10.1 Å². The monoisotopic (exact) mass is 515 g/mol. The van der Waals surface area contributed by atoms with Gasteiger partial charge in [-0.05, 0) is 60.2 Å². The molecule has 0 atom stereocenters. The van der Waals surface area contributed by atoms with Crippen molar-refractivity contribution in [3.63, 3.8) is 0 Å². The van der Waals surface area contributed by atoms with Crippen molar-refractivity contribution >= 4 is 50.5 Å². The maximum atomic E-state index is 12.5. The molecule has 7 heteroatoms. The molecule has 0 saturated heterocycles. The van der Waals surface area contributed by atoms with E-state index in [-0.39, 0.29) is 12.5 Å². The van der Waals surface area contributed by atoms with Crippen LogP contribution in [0.2, 0.25) is 0 Å². The van der Waals surface area contributed by atoms with E-state index < -0.39 is 5.97 Å². The third-order valence-corrected chi connectivity index (χ3v) is 5.55. The molecule has 6 nitrogen and oxygen atoms in total. The summed E-state index contributed by atoms with van der Waals surface area (Å²) >= 11 is 3.40. The topological polar surface area (TPSA) is 79.8 Å². The lowest BCUT2D eigenvalue weighted by Gasteiger charge is -2.09. The largest absolute Gasteiger partial charge is 0.422 e. The number of ether oxygens (including phenoxy) is 1. The highest BCUT2D eigenvalue weighted by Crippen LogP contribution is 2.23. The second-order valence-corrected chi connectivity index (χ2v) is 8.56. The van der Waals surface area contributed by atoms with Crippen LogP contribution in [0.25, 0.3) is 10.8 Å². The number of nitrogens with one attached hydrogen (secondary N) is 2. The van der Waals surface area contributed by atoms with E-state index in [0.29, 0.717) is 16.9 Å². The zero-order valence-corrected chi connectivity index (χ0v) is 20.0. The summed E-state index contributed by atoms with van der Waals surface area (Å²) in [7, 11) is 0. The number of aryl methyl sites for hydroxylation is 1. The first-order valence-electron chi connectivity index (χ1n) is 10.6. The van der Waals surface area contributed by atoms with Gasteiger partial charge in [-0.15, -0.1) is 0 Å². The summed E-state index contributed by atoms with van der Waals surface area (Å²) in [5.41, 5.74) is 5.37. The molecule has 0 unspecified atom stereocenters. The number of rotatable bonds is 7. The molecule has 0 spiro atoms. The van der Waals surface area contributed by atoms with Crippen LogP contribution in [0.1, 0.15) is 21.5 Å². The van der Waals surface area contributed by atoms with Crippen molar-refractivity contribution in [1.29, 1.82) is 0 Å². The molecule has 0 heterocycles. The van der Waals surface area contributed by atoms with Crippen LogP contribution >= 0.6 is 15.9 Å². The molecule has 1 amide bonds. The van der Waals surface area contributed by atoms with Crippen LogP contribution in [0.4, 0.5) is 5.69 Å². The first kappa shape index (κ1) is 23.2. The second kappa shape index (κ2) is 10.8. The minimum atomic E-state index is -0.472. The number of hydrogen-bond acceptors (Lipinski definition) is 5. The van der Waals surface area contributed by atoms with Crippen molar-refractivity contribution in [2.45, 2.75) is 6.92 Å². The molecule has 4 aromatic rings. The molecular weight excluding hydrogens is 494 g/mol. The Morgan fingerprint density at radius 2 is 1.71 bits per heavy atom. The number of anilines is 1. The minimum Gasteiger partial charge on any atom is -0.422 e. The van der Waals surface area contributed by atoms with Gasteiger partial charge in [0.25, 0.3) is 5.91 Å². The Labute approximate surface area is 205 Å². The van der Waals surface area contributed by atoms with Gasteiger partial charge in [0.05, 0.1) is 18.3 Å². The molecule has 4 rings (SSSR count). The second-order valence-electron chi connectivity index (χ2n) is 7.65. The van der Waals surface area contributed by atoms with Crippen LogP contribution in [0, 0.1) is 6.92 Å². The van der Waals surface area contributed by atoms with Crippen LogP contribution in [-0.2, 0) is 4.79 Å². The van der Waals surface area contributed by atoms with Gasteiger partial charge in [-0.25, -0.2) is 10.2 Å². The highest BCUT2D eigenvalue weighted by molar-refractivity contribution is 9.10. The Morgan fingerprint density at radius 3 is 2.50 bits per heavy atom. The van der Waals surface area contributed by atoms with E-state index in [0.717, 1.165) is 26.5 Å². The fourth-order valence-electron chi connectivity index (χ4n) is 3.26. The summed E-state index contributed by atoms with van der Waals surface area (Å²) in [6, 6.07) is 26.2. The third kappa shape index (κ3) is 6.08. The van der Waals surface area contributed by atoms with Crippen molar-refractivity contribution in [2.75, 3.05) is 11.9 Å². The maximum Gasteiger partial charge on any atom is 0.343 e. The fourth-order valence-corrected chi connectivity index (χ4v) is 3.64. The highest BCUT2D eigenvalue weighted by Gasteiger charge is 2.11. The van der Waals surface area contributed by atoms with E-state index in [9.17, 15) is 9.59 Å². The van der Waals surface area contributed by atoms with E-state index in [4.69, 9.17) is 4.74 Å². The van der Waals surface area contributed by atoms with E-state index >= 15 is 0 Å². The molecule has 0 aliphatic carbocycles. The molecule has 0 radical (unpaired) electrons. The van der Waals surface area contributed by atoms with Gasteiger partial charge in [0.15, 0.2) is 0 Å². The van der Waals surface area contributed by atoms with Crippen molar-refractivity contribution in [3.05, 3.63) is 106 Å². The summed E-state index contributed by atoms with van der Waals surface area (Å²) in [6.45, 7) is 2.01. The number of hydrogen-bond donors (Lipinski definition) is 2. The lowest BCUT2D eigenvalue weighted by molar-refractivity contribution is -0.119. The molecule has 34 heavy (non-hydrogen) atoms. The van der Waals surface area contributed by atoms with E-state index in [1.807, 2.05) is 61.5 Å². The highest BCUT2D eigenvalue weighted by atomic mass is 79.9. The van der Waals surface area contributed by atoms with Gasteiger partial charge in [0.2, 0.25) is 0 Å². The summed E-state index contributed by atoms with van der Waals surface area (Å²) in [5, 5.41) is 9.34. The van der Waals surface area contributed by atoms with Crippen molar-refractivity contribution in [1.82, 2.24) is 5.43 Å². The minimum absolute atomic E-state index is 0.0590. The number of hydrazone groups is 1. The molecule has 0 aliphatic heterocycles. The van der Waals surface area contributed by atoms with Crippen molar-refractivity contribution < 1.29 is 14.3 Å². The Hall–Kier alpha value is -3.97. The summed E-state index contributed by atoms with van der Waals surface area (Å²) in [5.74, 6) is -0.445. The first-order valence-corrected chi connectivity index (χ1v) is 11.4. The smallest absolute Gasteiger partial charge is 0.343 e. The van der Waals surface area contributed by atoms with E-state index in [1.54, 1.807) is 30.3 Å². The number of amides is 1. The van der Waals surface area contributed by atoms with E-state index in [1.165, 1.54) is 6.21 Å². The zero-order chi connectivity index (χ0) is 23.9. The lowest BCUT2D eigenvalue weighted by atomic mass is 10.1. The van der Waals surface area contributed by atoms with Crippen LogP contribution in [0.15, 0.2) is 94.5 Å². The number of halogens is 1. The Balaban J connectivity index is 1.36. The number of fused-ring (bicyclic) bond motifs is 1. The standard InChI is InChI=1S/C27H22BrN3O3/c1-18-6-8-20(9-7-18)27(33)34-25-13-11-23(28)14-22(25)16-30-31-26(32)17-29-24-12-10-19-4-2-3-5-21(19)15-24/h2-16,29H,17H2,1H3,(H,31,32)/b30-16+. The van der Waals surface area contributed by atoms with Gasteiger partial charge in [-0.1, -0.05) is 64.0 Å². The predicted molar refractivity (Wildman–Crippen MR) is 138 cm³/mol. The van der Waals surface area contributed by atoms with Crippen LogP contribution < -0.4 is 15.5 Å². The van der Waals surface area contributed by atoms with Gasteiger partial charge in [-0.3, -0.25) is 4.79 Å². The summed E-state index contributed by atoms with van der Waals surface area (Å²) < 4.78 is 6.33. The molecule has 0 aliphatic rings. The lowest BCUT2D eigenvalue weighted by Crippen LogP contribution is -2.25. The van der Waals surface area contributed by atoms with Crippen molar-refractivity contribution in [3.8, 4) is 5.75 Å². The fraction of sp³-hybridized carbons (Fsp3) is 0.0741. The van der Waals surface area contributed by atoms with Gasteiger partial charge in [0, 0.05) is 15.7 Å². The predicted octanol–water partition coefficient (Wildman–Crippen LogP) is 5.69. The van der Waals surface area contributed by atoms with E-state index in [2.05, 4.69) is 31.8 Å². The Morgan fingerprint density at radius 1 is 0.941 bits per heavy atom. The quantitative estimate of drug-likeness (QED) is 0.143. The summed E-state index contributed by atoms with van der Waals surface area (Å²) in [4.78, 5) is 24.7. The molecule has 0 aromatic heterocycles. The number of carbonyl (C=O) groups excluding carboxylic acids is 2. The van der Waals surface area contributed by atoms with Gasteiger partial charge >= 0.3 is 5.97 Å². The molecule has 0 saturated carbocycles. The van der Waals surface area contributed by atoms with Gasteiger partial charge in [-0.2, -0.15) is 5.10 Å². The Kier molecular flexibility index (Phi) is 7.34. The molecule has 4 aromatic carbocycles. The SMILES string of the molecule is Cc1ccc(C(=O)Oc2ccc(Br)cc2/C=N/NC(=O)CNc2ccc3ccccc3c2)cc1. The number of nitrogens with zero attached hydrogens (tertiary/aromatic N) is 1. The average Bonchev–Trinajstić information content (AvgIpc) is 2.84. The van der Waals surface area contributed by atoms with Crippen LogP contribution in [-0.4, -0.2) is 24.6 Å². The number of esters is 1. The summed E-state index contributed by atoms with van der Waals surface area (Å²) in [6.07, 6.45) is 1.44. The van der Waals surface area contributed by atoms with Crippen LogP contribution in [0.3, 0.4) is 0 Å². The molecule has 2 N–H and O–H groups in total. The number of benzene rings is 4. The molecule has 170 valence electrons. The van der Waals surface area contributed by atoms with Crippen molar-refractivity contribution in [2.24, 2.45) is 5.10 Å². The Bertz CT molecular complexity index is 1370. The van der Waals surface area contributed by atoms with Gasteiger partial charge in [0.1, 0.15) is 5.75 Å². The average molecular weight is 516 g/mol. The maximum absolute atomic E-state index is 12.5. The normalized spacial score (nSPS) is 10.9. The number of carbonyl (C=O) groups is 2. The zero-order valence-electron chi connectivity index (χ0n) is 18.4. The molecule has 0 fully saturated rings. The third-order valence-electron chi connectivity index (χ3n) is 5.06. The molecule has 0 bridgehead atoms.